The monoisotopic (exact) mass is 411 g/mol. The second-order valence-corrected chi connectivity index (χ2v) is 7.13. The molecule has 0 saturated heterocycles. The Hall–Kier alpha value is -4.13. The molecule has 154 valence electrons. The molecule has 7 heteroatoms. The molecule has 0 amide bonds. The van der Waals surface area contributed by atoms with Crippen LogP contribution in [-0.2, 0) is 6.54 Å². The third kappa shape index (κ3) is 3.61. The van der Waals surface area contributed by atoms with Crippen LogP contribution in [0.4, 0.5) is 11.5 Å². The molecule has 0 aliphatic carbocycles. The number of hydrogen-bond acceptors (Lipinski definition) is 6. The zero-order valence-corrected chi connectivity index (χ0v) is 17.2. The first-order valence-electron chi connectivity index (χ1n) is 9.88. The van der Waals surface area contributed by atoms with Crippen molar-refractivity contribution >= 4 is 33.4 Å². The highest BCUT2D eigenvalue weighted by Gasteiger charge is 2.12. The summed E-state index contributed by atoms with van der Waals surface area (Å²) in [5.41, 5.74) is 4.90. The first-order valence-corrected chi connectivity index (χ1v) is 9.88. The molecular weight excluding hydrogens is 390 g/mol. The summed E-state index contributed by atoms with van der Waals surface area (Å²) in [6.07, 6.45) is 3.41. The van der Waals surface area contributed by atoms with E-state index in [1.54, 1.807) is 14.2 Å². The Labute approximate surface area is 179 Å². The average molecular weight is 411 g/mol. The molecule has 2 heterocycles. The van der Waals surface area contributed by atoms with E-state index in [9.17, 15) is 0 Å². The highest BCUT2D eigenvalue weighted by molar-refractivity contribution is 5.93. The Morgan fingerprint density at radius 2 is 1.65 bits per heavy atom. The zero-order valence-electron chi connectivity index (χ0n) is 17.2. The average Bonchev–Trinajstić information content (AvgIpc) is 3.21. The van der Waals surface area contributed by atoms with Crippen LogP contribution in [0.25, 0.3) is 21.9 Å². The number of ether oxygens (including phenoxy) is 2. The predicted molar refractivity (Wildman–Crippen MR) is 121 cm³/mol. The fraction of sp³-hybridized carbons (Fsp3) is 0.125. The zero-order chi connectivity index (χ0) is 21.2. The number of nitrogens with one attached hydrogen (secondary N) is 1. The molecule has 0 atom stereocenters. The number of hydrogen-bond donors (Lipinski definition) is 1. The standard InChI is InChI=1S/C24H21N5O2/c1-30-22-11-18-20(12-23(22)31-2)25-14-26-24(18)28-17-8-9-19-21(10-17)29(15-27-19)13-16-6-4-3-5-7-16/h3-12,14-15H,13H2,1-2H3,(H,25,26,28). The Kier molecular flexibility index (Phi) is 4.84. The lowest BCUT2D eigenvalue weighted by Crippen LogP contribution is -2.00. The molecule has 0 saturated carbocycles. The Morgan fingerprint density at radius 3 is 2.45 bits per heavy atom. The van der Waals surface area contributed by atoms with E-state index in [4.69, 9.17) is 9.47 Å². The van der Waals surface area contributed by atoms with Gasteiger partial charge in [-0.3, -0.25) is 0 Å². The van der Waals surface area contributed by atoms with Gasteiger partial charge in [0.25, 0.3) is 0 Å². The SMILES string of the molecule is COc1cc2ncnc(Nc3ccc4ncn(Cc5ccccc5)c4c3)c2cc1OC. The number of anilines is 2. The van der Waals surface area contributed by atoms with Gasteiger partial charge in [-0.1, -0.05) is 30.3 Å². The molecule has 0 radical (unpaired) electrons. The molecular formula is C24H21N5O2. The molecule has 7 nitrogen and oxygen atoms in total. The molecule has 3 aromatic carbocycles. The molecule has 1 N–H and O–H groups in total. The van der Waals surface area contributed by atoms with Gasteiger partial charge in [-0.2, -0.15) is 0 Å². The number of fused-ring (bicyclic) bond motifs is 2. The van der Waals surface area contributed by atoms with Gasteiger partial charge in [0.15, 0.2) is 11.5 Å². The number of imidazole rings is 1. The third-order valence-corrected chi connectivity index (χ3v) is 5.22. The van der Waals surface area contributed by atoms with Crippen molar-refractivity contribution in [2.24, 2.45) is 0 Å². The number of aromatic nitrogens is 4. The van der Waals surface area contributed by atoms with Gasteiger partial charge in [0.05, 0.1) is 37.1 Å². The van der Waals surface area contributed by atoms with E-state index < -0.39 is 0 Å². The first kappa shape index (κ1) is 18.9. The highest BCUT2D eigenvalue weighted by atomic mass is 16.5. The molecule has 0 unspecified atom stereocenters. The molecule has 0 spiro atoms. The maximum Gasteiger partial charge on any atom is 0.162 e. The minimum atomic E-state index is 0.629. The van der Waals surface area contributed by atoms with Crippen molar-refractivity contribution in [3.05, 3.63) is 78.9 Å². The van der Waals surface area contributed by atoms with E-state index in [1.807, 2.05) is 48.8 Å². The summed E-state index contributed by atoms with van der Waals surface area (Å²) in [4.78, 5) is 13.4. The van der Waals surface area contributed by atoms with Crippen LogP contribution < -0.4 is 14.8 Å². The van der Waals surface area contributed by atoms with Gasteiger partial charge in [-0.05, 0) is 29.8 Å². The van der Waals surface area contributed by atoms with Crippen LogP contribution >= 0.6 is 0 Å². The van der Waals surface area contributed by atoms with Crippen LogP contribution in [0.1, 0.15) is 5.56 Å². The minimum absolute atomic E-state index is 0.629. The van der Waals surface area contributed by atoms with Crippen LogP contribution in [0.2, 0.25) is 0 Å². The van der Waals surface area contributed by atoms with E-state index in [-0.39, 0.29) is 0 Å². The third-order valence-electron chi connectivity index (χ3n) is 5.22. The predicted octanol–water partition coefficient (Wildman–Crippen LogP) is 4.79. The Balaban J connectivity index is 1.52. The molecule has 5 aromatic rings. The summed E-state index contributed by atoms with van der Waals surface area (Å²) in [5, 5.41) is 4.27. The molecule has 0 fully saturated rings. The fourth-order valence-electron chi connectivity index (χ4n) is 3.66. The second kappa shape index (κ2) is 7.95. The van der Waals surface area contributed by atoms with Gasteiger partial charge in [0.2, 0.25) is 0 Å². The summed E-state index contributed by atoms with van der Waals surface area (Å²) in [7, 11) is 3.22. The molecule has 2 aromatic heterocycles. The Morgan fingerprint density at radius 1 is 0.839 bits per heavy atom. The van der Waals surface area contributed by atoms with Gasteiger partial charge >= 0.3 is 0 Å². The number of rotatable bonds is 6. The van der Waals surface area contributed by atoms with Crippen LogP contribution in [0.3, 0.4) is 0 Å². The van der Waals surface area contributed by atoms with Gasteiger partial charge in [-0.15, -0.1) is 0 Å². The molecule has 0 aliphatic heterocycles. The normalized spacial score (nSPS) is 11.0. The largest absolute Gasteiger partial charge is 0.493 e. The maximum absolute atomic E-state index is 5.45. The van der Waals surface area contributed by atoms with E-state index in [0.29, 0.717) is 17.3 Å². The fourth-order valence-corrected chi connectivity index (χ4v) is 3.66. The van der Waals surface area contributed by atoms with Crippen LogP contribution in [0, 0.1) is 0 Å². The van der Waals surface area contributed by atoms with E-state index in [2.05, 4.69) is 43.0 Å². The lowest BCUT2D eigenvalue weighted by molar-refractivity contribution is 0.356. The maximum atomic E-state index is 5.45. The quantitative estimate of drug-likeness (QED) is 0.433. The molecule has 5 rings (SSSR count). The smallest absolute Gasteiger partial charge is 0.162 e. The van der Waals surface area contributed by atoms with Gasteiger partial charge in [-0.25, -0.2) is 15.0 Å². The topological polar surface area (TPSA) is 74.1 Å². The van der Waals surface area contributed by atoms with Crippen LogP contribution in [-0.4, -0.2) is 33.7 Å². The van der Waals surface area contributed by atoms with Gasteiger partial charge in [0, 0.05) is 23.7 Å². The van der Waals surface area contributed by atoms with Crippen molar-refractivity contribution in [3.63, 3.8) is 0 Å². The summed E-state index contributed by atoms with van der Waals surface area (Å²) in [6, 6.07) is 20.2. The van der Waals surface area contributed by atoms with Gasteiger partial charge < -0.3 is 19.4 Å². The summed E-state index contributed by atoms with van der Waals surface area (Å²) in [5.74, 6) is 1.95. The van der Waals surface area contributed by atoms with Crippen molar-refractivity contribution < 1.29 is 9.47 Å². The molecule has 31 heavy (non-hydrogen) atoms. The van der Waals surface area contributed by atoms with E-state index in [0.717, 1.165) is 34.2 Å². The number of methoxy groups -OCH3 is 2. The summed E-state index contributed by atoms with van der Waals surface area (Å²) in [6.45, 7) is 0.758. The summed E-state index contributed by atoms with van der Waals surface area (Å²) >= 11 is 0. The number of benzene rings is 3. The van der Waals surface area contributed by atoms with Crippen molar-refractivity contribution in [1.29, 1.82) is 0 Å². The lowest BCUT2D eigenvalue weighted by atomic mass is 10.2. The molecule has 0 aliphatic rings. The Bertz CT molecular complexity index is 1370. The van der Waals surface area contributed by atoms with Crippen molar-refractivity contribution in [2.75, 3.05) is 19.5 Å². The van der Waals surface area contributed by atoms with Crippen molar-refractivity contribution in [2.45, 2.75) is 6.54 Å². The number of nitrogens with zero attached hydrogens (tertiary/aromatic N) is 4. The lowest BCUT2D eigenvalue weighted by Gasteiger charge is -2.12. The minimum Gasteiger partial charge on any atom is -0.493 e. The highest BCUT2D eigenvalue weighted by Crippen LogP contribution is 2.34. The molecule has 0 bridgehead atoms. The van der Waals surface area contributed by atoms with Gasteiger partial charge in [0.1, 0.15) is 12.1 Å². The second-order valence-electron chi connectivity index (χ2n) is 7.13. The van der Waals surface area contributed by atoms with Crippen LogP contribution in [0.15, 0.2) is 73.3 Å². The van der Waals surface area contributed by atoms with Crippen LogP contribution in [0.5, 0.6) is 11.5 Å². The summed E-state index contributed by atoms with van der Waals surface area (Å²) < 4.78 is 13.0. The van der Waals surface area contributed by atoms with E-state index in [1.165, 1.54) is 11.9 Å². The van der Waals surface area contributed by atoms with E-state index >= 15 is 0 Å². The van der Waals surface area contributed by atoms with Crippen molar-refractivity contribution in [1.82, 2.24) is 19.5 Å². The van der Waals surface area contributed by atoms with Crippen molar-refractivity contribution in [3.8, 4) is 11.5 Å². The first-order chi connectivity index (χ1) is 15.2.